The molecule has 1 fully saturated rings. The minimum Gasteiger partial charge on any atom is -0.341 e. The van der Waals surface area contributed by atoms with E-state index >= 15 is 0 Å². The Bertz CT molecular complexity index is 337. The van der Waals surface area contributed by atoms with Crippen LogP contribution in [0.15, 0.2) is 12.7 Å². The highest BCUT2D eigenvalue weighted by molar-refractivity contribution is 5.76. The Morgan fingerprint density at radius 1 is 1.56 bits per heavy atom. The molecule has 1 unspecified atom stereocenters. The van der Waals surface area contributed by atoms with Crippen molar-refractivity contribution in [2.24, 2.45) is 5.73 Å². The number of carbonyl (C=O) groups is 1. The molecule has 1 saturated heterocycles. The van der Waals surface area contributed by atoms with E-state index in [4.69, 9.17) is 5.73 Å². The summed E-state index contributed by atoms with van der Waals surface area (Å²) in [6, 6.07) is 0.143. The van der Waals surface area contributed by atoms with Gasteiger partial charge in [-0.1, -0.05) is 0 Å². The summed E-state index contributed by atoms with van der Waals surface area (Å²) >= 11 is 0. The van der Waals surface area contributed by atoms with Crippen LogP contribution in [0.4, 0.5) is 0 Å². The van der Waals surface area contributed by atoms with Crippen LogP contribution in [-0.4, -0.2) is 44.7 Å². The quantitative estimate of drug-likeness (QED) is 0.757. The van der Waals surface area contributed by atoms with Crippen molar-refractivity contribution in [1.29, 1.82) is 0 Å². The zero-order chi connectivity index (χ0) is 11.4. The molecular weight excluding hydrogens is 206 g/mol. The fourth-order valence-corrected chi connectivity index (χ4v) is 1.95. The summed E-state index contributed by atoms with van der Waals surface area (Å²) < 4.78 is 1.67. The van der Waals surface area contributed by atoms with E-state index in [9.17, 15) is 4.79 Å². The van der Waals surface area contributed by atoms with Gasteiger partial charge in [0.05, 0.1) is 6.54 Å². The van der Waals surface area contributed by atoms with Crippen molar-refractivity contribution in [2.45, 2.75) is 31.8 Å². The first-order chi connectivity index (χ1) is 7.75. The molecule has 1 aromatic rings. The second-order valence-corrected chi connectivity index (χ2v) is 4.15. The Balaban J connectivity index is 1.79. The number of carbonyl (C=O) groups excluding carboxylic acids is 1. The molecule has 6 nitrogen and oxygen atoms in total. The highest BCUT2D eigenvalue weighted by Crippen LogP contribution is 2.09. The number of amides is 1. The van der Waals surface area contributed by atoms with Gasteiger partial charge >= 0.3 is 0 Å². The van der Waals surface area contributed by atoms with E-state index < -0.39 is 0 Å². The number of aromatic nitrogens is 3. The molecule has 16 heavy (non-hydrogen) atoms. The zero-order valence-electron chi connectivity index (χ0n) is 9.25. The molecule has 0 spiro atoms. The first-order valence-electron chi connectivity index (χ1n) is 5.61. The third-order valence-electron chi connectivity index (χ3n) is 2.83. The Labute approximate surface area is 94.4 Å². The number of hydrogen-bond donors (Lipinski definition) is 1. The van der Waals surface area contributed by atoms with Crippen LogP contribution < -0.4 is 5.73 Å². The Kier molecular flexibility index (Phi) is 3.51. The number of nitrogens with zero attached hydrogens (tertiary/aromatic N) is 4. The SMILES string of the molecule is NC1CCCN(C(=O)CCn2cncn2)C1. The maximum absolute atomic E-state index is 11.8. The topological polar surface area (TPSA) is 77.0 Å². The molecule has 1 aromatic heterocycles. The van der Waals surface area contributed by atoms with E-state index in [1.807, 2.05) is 4.90 Å². The molecule has 1 amide bonds. The van der Waals surface area contributed by atoms with Crippen LogP contribution in [0.25, 0.3) is 0 Å². The minimum atomic E-state index is 0.143. The monoisotopic (exact) mass is 223 g/mol. The molecule has 0 radical (unpaired) electrons. The lowest BCUT2D eigenvalue weighted by Crippen LogP contribution is -2.45. The van der Waals surface area contributed by atoms with Gasteiger partial charge in [0.2, 0.25) is 5.91 Å². The molecule has 1 aliphatic heterocycles. The van der Waals surface area contributed by atoms with Crippen LogP contribution >= 0.6 is 0 Å². The summed E-state index contributed by atoms with van der Waals surface area (Å²) in [4.78, 5) is 17.5. The van der Waals surface area contributed by atoms with E-state index in [1.54, 1.807) is 11.0 Å². The van der Waals surface area contributed by atoms with E-state index in [1.165, 1.54) is 6.33 Å². The summed E-state index contributed by atoms with van der Waals surface area (Å²) in [5.74, 6) is 0.158. The molecule has 2 heterocycles. The van der Waals surface area contributed by atoms with Crippen molar-refractivity contribution < 1.29 is 4.79 Å². The average Bonchev–Trinajstić information content (AvgIpc) is 2.78. The molecule has 0 aliphatic carbocycles. The summed E-state index contributed by atoms with van der Waals surface area (Å²) in [5, 5.41) is 3.96. The lowest BCUT2D eigenvalue weighted by atomic mass is 10.1. The maximum atomic E-state index is 11.8. The molecule has 1 atom stereocenters. The smallest absolute Gasteiger partial charge is 0.224 e. The number of nitrogens with two attached hydrogens (primary N) is 1. The predicted molar refractivity (Wildman–Crippen MR) is 58.4 cm³/mol. The van der Waals surface area contributed by atoms with Crippen molar-refractivity contribution in [3.05, 3.63) is 12.7 Å². The number of hydrogen-bond acceptors (Lipinski definition) is 4. The molecule has 0 saturated carbocycles. The van der Waals surface area contributed by atoms with Crippen LogP contribution in [-0.2, 0) is 11.3 Å². The standard InChI is InChI=1S/C10H17N5O/c11-9-2-1-4-14(6-9)10(16)3-5-15-8-12-7-13-15/h7-9H,1-6,11H2. The van der Waals surface area contributed by atoms with Gasteiger partial charge in [0, 0.05) is 25.6 Å². The molecule has 88 valence electrons. The first kappa shape index (κ1) is 11.1. The van der Waals surface area contributed by atoms with E-state index in [0.29, 0.717) is 19.5 Å². The lowest BCUT2D eigenvalue weighted by Gasteiger charge is -2.30. The van der Waals surface area contributed by atoms with Gasteiger partial charge in [-0.3, -0.25) is 9.48 Å². The van der Waals surface area contributed by atoms with Gasteiger partial charge in [-0.25, -0.2) is 4.98 Å². The minimum absolute atomic E-state index is 0.143. The Hall–Kier alpha value is -1.43. The van der Waals surface area contributed by atoms with Gasteiger partial charge in [0.25, 0.3) is 0 Å². The highest BCUT2D eigenvalue weighted by Gasteiger charge is 2.20. The molecule has 2 N–H and O–H groups in total. The predicted octanol–water partition coefficient (Wildman–Crippen LogP) is -0.382. The summed E-state index contributed by atoms with van der Waals surface area (Å²) in [7, 11) is 0. The summed E-state index contributed by atoms with van der Waals surface area (Å²) in [5.41, 5.74) is 5.83. The molecule has 6 heteroatoms. The first-order valence-corrected chi connectivity index (χ1v) is 5.61. The summed E-state index contributed by atoms with van der Waals surface area (Å²) in [6.45, 7) is 2.12. The largest absolute Gasteiger partial charge is 0.341 e. The normalized spacial score (nSPS) is 21.1. The molecule has 2 rings (SSSR count). The Morgan fingerprint density at radius 2 is 2.44 bits per heavy atom. The number of aryl methyl sites for hydroxylation is 1. The van der Waals surface area contributed by atoms with Gasteiger partial charge in [0.1, 0.15) is 12.7 Å². The van der Waals surface area contributed by atoms with Crippen molar-refractivity contribution >= 4 is 5.91 Å². The van der Waals surface area contributed by atoms with Crippen molar-refractivity contribution in [2.75, 3.05) is 13.1 Å². The van der Waals surface area contributed by atoms with Crippen LogP contribution in [0.2, 0.25) is 0 Å². The second-order valence-electron chi connectivity index (χ2n) is 4.15. The van der Waals surface area contributed by atoms with E-state index in [0.717, 1.165) is 19.4 Å². The van der Waals surface area contributed by atoms with Gasteiger partial charge in [-0.2, -0.15) is 5.10 Å². The molecule has 1 aliphatic rings. The fraction of sp³-hybridized carbons (Fsp3) is 0.700. The van der Waals surface area contributed by atoms with Crippen LogP contribution in [0.5, 0.6) is 0 Å². The number of piperidine rings is 1. The molecule has 0 bridgehead atoms. The van der Waals surface area contributed by atoms with Gasteiger partial charge in [0.15, 0.2) is 0 Å². The van der Waals surface area contributed by atoms with Crippen molar-refractivity contribution in [3.63, 3.8) is 0 Å². The second kappa shape index (κ2) is 5.07. The van der Waals surface area contributed by atoms with Crippen molar-refractivity contribution in [1.82, 2.24) is 19.7 Å². The fourth-order valence-electron chi connectivity index (χ4n) is 1.95. The number of rotatable bonds is 3. The molecule has 0 aromatic carbocycles. The zero-order valence-corrected chi connectivity index (χ0v) is 9.25. The van der Waals surface area contributed by atoms with E-state index in [-0.39, 0.29) is 11.9 Å². The maximum Gasteiger partial charge on any atom is 0.224 e. The number of likely N-dealkylation sites (tertiary alicyclic amines) is 1. The van der Waals surface area contributed by atoms with Crippen molar-refractivity contribution in [3.8, 4) is 0 Å². The summed E-state index contributed by atoms with van der Waals surface area (Å²) in [6.07, 6.45) is 5.59. The van der Waals surface area contributed by atoms with E-state index in [2.05, 4.69) is 10.1 Å². The van der Waals surface area contributed by atoms with Gasteiger partial charge in [-0.15, -0.1) is 0 Å². The van der Waals surface area contributed by atoms with Crippen LogP contribution in [0.1, 0.15) is 19.3 Å². The third kappa shape index (κ3) is 2.79. The van der Waals surface area contributed by atoms with Crippen LogP contribution in [0, 0.1) is 0 Å². The third-order valence-corrected chi connectivity index (χ3v) is 2.83. The average molecular weight is 223 g/mol. The van der Waals surface area contributed by atoms with Crippen LogP contribution in [0.3, 0.4) is 0 Å². The van der Waals surface area contributed by atoms with Gasteiger partial charge < -0.3 is 10.6 Å². The Morgan fingerprint density at radius 3 is 3.12 bits per heavy atom. The lowest BCUT2D eigenvalue weighted by molar-refractivity contribution is -0.132. The molecular formula is C10H17N5O. The highest BCUT2D eigenvalue weighted by atomic mass is 16.2. The van der Waals surface area contributed by atoms with Gasteiger partial charge in [-0.05, 0) is 12.8 Å².